The molecule has 2 heterocycles. The van der Waals surface area contributed by atoms with Crippen LogP contribution in [0.15, 0.2) is 59.8 Å². The largest absolute Gasteiger partial charge is 0.358 e. The van der Waals surface area contributed by atoms with Gasteiger partial charge in [-0.05, 0) is 61.6 Å². The van der Waals surface area contributed by atoms with Crippen molar-refractivity contribution >= 4 is 22.4 Å². The minimum atomic E-state index is -0.0292. The number of anilines is 1. The summed E-state index contributed by atoms with van der Waals surface area (Å²) in [6, 6.07) is 16.9. The summed E-state index contributed by atoms with van der Waals surface area (Å²) in [5.41, 5.74) is 8.78. The minimum absolute atomic E-state index is 0.0292. The van der Waals surface area contributed by atoms with Crippen molar-refractivity contribution in [2.75, 3.05) is 5.32 Å². The van der Waals surface area contributed by atoms with Crippen LogP contribution in [0.2, 0.25) is 0 Å². The van der Waals surface area contributed by atoms with Crippen LogP contribution in [0.25, 0.3) is 10.9 Å². The molecular weight excluding hydrogens is 332 g/mol. The van der Waals surface area contributed by atoms with Crippen molar-refractivity contribution in [1.82, 2.24) is 4.98 Å². The number of hydrogen-bond acceptors (Lipinski definition) is 3. The van der Waals surface area contributed by atoms with Crippen molar-refractivity contribution in [3.05, 3.63) is 82.2 Å². The van der Waals surface area contributed by atoms with Crippen LogP contribution >= 0.6 is 0 Å². The number of Topliss-reactive ketones (excluding diaryl/α,β-unsaturated/α-hetero) is 1. The Morgan fingerprint density at radius 2 is 1.85 bits per heavy atom. The number of pyridine rings is 1. The van der Waals surface area contributed by atoms with Gasteiger partial charge in [0.05, 0.1) is 5.52 Å². The standard InChI is InChI=1S/C24H22N2O/c1-14-6-3-4-7-16(14)23-22-17-11-10-15(2)25-18(17)12-13-20(22)26-19-8-5-9-21(27)24(19)23/h3-4,6-7,10-13,23,26H,5,8-9H2,1-2H3. The number of nitrogens with one attached hydrogen (secondary N) is 1. The lowest BCUT2D eigenvalue weighted by atomic mass is 9.73. The predicted octanol–water partition coefficient (Wildman–Crippen LogP) is 5.42. The topological polar surface area (TPSA) is 42.0 Å². The van der Waals surface area contributed by atoms with Crippen molar-refractivity contribution in [2.24, 2.45) is 0 Å². The maximum Gasteiger partial charge on any atom is 0.161 e. The Kier molecular flexibility index (Phi) is 3.64. The van der Waals surface area contributed by atoms with Gasteiger partial charge in [0.15, 0.2) is 5.78 Å². The van der Waals surface area contributed by atoms with Crippen molar-refractivity contribution in [3.8, 4) is 0 Å². The van der Waals surface area contributed by atoms with Gasteiger partial charge in [-0.3, -0.25) is 9.78 Å². The van der Waals surface area contributed by atoms with Gasteiger partial charge in [0.25, 0.3) is 0 Å². The second-order valence-corrected chi connectivity index (χ2v) is 7.63. The van der Waals surface area contributed by atoms with E-state index in [1.54, 1.807) is 0 Å². The first kappa shape index (κ1) is 16.2. The van der Waals surface area contributed by atoms with E-state index in [1.807, 2.05) is 6.92 Å². The highest BCUT2D eigenvalue weighted by molar-refractivity contribution is 6.03. The average molecular weight is 354 g/mol. The number of rotatable bonds is 1. The lowest BCUT2D eigenvalue weighted by molar-refractivity contribution is -0.116. The molecule has 2 aromatic carbocycles. The molecule has 1 N–H and O–H groups in total. The molecule has 1 aliphatic carbocycles. The van der Waals surface area contributed by atoms with E-state index in [0.29, 0.717) is 6.42 Å². The van der Waals surface area contributed by atoms with E-state index in [4.69, 9.17) is 4.98 Å². The van der Waals surface area contributed by atoms with Crippen LogP contribution in [-0.4, -0.2) is 10.8 Å². The highest BCUT2D eigenvalue weighted by atomic mass is 16.1. The Morgan fingerprint density at radius 3 is 2.70 bits per heavy atom. The fourth-order valence-electron chi connectivity index (χ4n) is 4.61. The smallest absolute Gasteiger partial charge is 0.161 e. The molecule has 3 aromatic rings. The monoisotopic (exact) mass is 354 g/mol. The number of fused-ring (bicyclic) bond motifs is 3. The number of ketones is 1. The maximum atomic E-state index is 13.0. The molecule has 0 bridgehead atoms. The molecular formula is C24H22N2O. The highest BCUT2D eigenvalue weighted by Gasteiger charge is 2.36. The van der Waals surface area contributed by atoms with Gasteiger partial charge >= 0.3 is 0 Å². The number of carbonyl (C=O) groups excluding carboxylic acids is 1. The summed E-state index contributed by atoms with van der Waals surface area (Å²) < 4.78 is 0. The number of aryl methyl sites for hydroxylation is 2. The highest BCUT2D eigenvalue weighted by Crippen LogP contribution is 2.48. The fourth-order valence-corrected chi connectivity index (χ4v) is 4.61. The number of benzene rings is 2. The number of carbonyl (C=O) groups is 1. The van der Waals surface area contributed by atoms with Crippen LogP contribution in [-0.2, 0) is 4.79 Å². The molecule has 0 spiro atoms. The third-order valence-electron chi connectivity index (χ3n) is 5.87. The van der Waals surface area contributed by atoms with E-state index < -0.39 is 0 Å². The van der Waals surface area contributed by atoms with E-state index >= 15 is 0 Å². The van der Waals surface area contributed by atoms with Gasteiger partial charge in [-0.1, -0.05) is 30.3 Å². The van der Waals surface area contributed by atoms with E-state index in [2.05, 4.69) is 60.8 Å². The summed E-state index contributed by atoms with van der Waals surface area (Å²) in [6.45, 7) is 4.15. The van der Waals surface area contributed by atoms with Crippen LogP contribution in [0, 0.1) is 13.8 Å². The molecule has 0 amide bonds. The summed E-state index contributed by atoms with van der Waals surface area (Å²) >= 11 is 0. The van der Waals surface area contributed by atoms with Crippen LogP contribution in [0.3, 0.4) is 0 Å². The lowest BCUT2D eigenvalue weighted by Crippen LogP contribution is -2.27. The molecule has 1 aromatic heterocycles. The molecule has 3 nitrogen and oxygen atoms in total. The molecule has 5 rings (SSSR count). The SMILES string of the molecule is Cc1ccc2c3c(ccc2n1)NC1=C(C(=O)CCC1)C3c1ccccc1C. The minimum Gasteiger partial charge on any atom is -0.358 e. The number of nitrogens with zero attached hydrogens (tertiary/aromatic N) is 1. The summed E-state index contributed by atoms with van der Waals surface area (Å²) in [6.07, 6.45) is 2.50. The van der Waals surface area contributed by atoms with Crippen molar-refractivity contribution in [3.63, 3.8) is 0 Å². The van der Waals surface area contributed by atoms with E-state index in [9.17, 15) is 4.79 Å². The van der Waals surface area contributed by atoms with Gasteiger partial charge in [-0.2, -0.15) is 0 Å². The second-order valence-electron chi connectivity index (χ2n) is 7.63. The average Bonchev–Trinajstić information content (AvgIpc) is 2.67. The van der Waals surface area contributed by atoms with Crippen molar-refractivity contribution in [1.29, 1.82) is 0 Å². The molecule has 1 aliphatic heterocycles. The van der Waals surface area contributed by atoms with Gasteiger partial charge in [0, 0.05) is 40.4 Å². The Hall–Kier alpha value is -2.94. The third kappa shape index (κ3) is 2.49. The first-order chi connectivity index (χ1) is 13.1. The molecule has 27 heavy (non-hydrogen) atoms. The molecule has 134 valence electrons. The normalized spacial score (nSPS) is 18.9. The van der Waals surface area contributed by atoms with Gasteiger partial charge in [0.2, 0.25) is 0 Å². The first-order valence-electron chi connectivity index (χ1n) is 9.62. The summed E-state index contributed by atoms with van der Waals surface area (Å²) in [4.78, 5) is 17.7. The van der Waals surface area contributed by atoms with Crippen LogP contribution in [0.4, 0.5) is 5.69 Å². The molecule has 0 radical (unpaired) electrons. The number of hydrogen-bond donors (Lipinski definition) is 1. The lowest BCUT2D eigenvalue weighted by Gasteiger charge is -2.35. The van der Waals surface area contributed by atoms with Crippen LogP contribution < -0.4 is 5.32 Å². The van der Waals surface area contributed by atoms with Gasteiger partial charge in [0.1, 0.15) is 0 Å². The van der Waals surface area contributed by atoms with Crippen molar-refractivity contribution in [2.45, 2.75) is 39.0 Å². The van der Waals surface area contributed by atoms with E-state index in [1.165, 1.54) is 16.7 Å². The van der Waals surface area contributed by atoms with E-state index in [0.717, 1.165) is 46.4 Å². The zero-order valence-corrected chi connectivity index (χ0v) is 15.7. The fraction of sp³-hybridized carbons (Fsp3) is 0.250. The van der Waals surface area contributed by atoms with Gasteiger partial charge in [-0.15, -0.1) is 0 Å². The second kappa shape index (κ2) is 6.05. The Labute approximate surface area is 159 Å². The van der Waals surface area contributed by atoms with Crippen molar-refractivity contribution < 1.29 is 4.79 Å². The quantitative estimate of drug-likeness (QED) is 0.635. The summed E-state index contributed by atoms with van der Waals surface area (Å²) in [5, 5.41) is 4.71. The zero-order valence-electron chi connectivity index (χ0n) is 15.7. The molecule has 0 saturated heterocycles. The first-order valence-corrected chi connectivity index (χ1v) is 9.62. The molecule has 1 unspecified atom stereocenters. The molecule has 0 fully saturated rings. The Balaban J connectivity index is 1.86. The number of allylic oxidation sites excluding steroid dienone is 2. The molecule has 3 heteroatoms. The van der Waals surface area contributed by atoms with Gasteiger partial charge in [-0.25, -0.2) is 0 Å². The third-order valence-corrected chi connectivity index (χ3v) is 5.87. The van der Waals surface area contributed by atoms with Crippen LogP contribution in [0.5, 0.6) is 0 Å². The summed E-state index contributed by atoms with van der Waals surface area (Å²) in [5.74, 6) is 0.248. The molecule has 1 atom stereocenters. The Morgan fingerprint density at radius 1 is 1.00 bits per heavy atom. The summed E-state index contributed by atoms with van der Waals surface area (Å²) in [7, 11) is 0. The van der Waals surface area contributed by atoms with E-state index in [-0.39, 0.29) is 11.7 Å². The molecule has 2 aliphatic rings. The van der Waals surface area contributed by atoms with Gasteiger partial charge < -0.3 is 5.32 Å². The van der Waals surface area contributed by atoms with Crippen LogP contribution in [0.1, 0.15) is 47.6 Å². The zero-order chi connectivity index (χ0) is 18.5. The number of aromatic nitrogens is 1. The Bertz CT molecular complexity index is 1130. The maximum absolute atomic E-state index is 13.0. The molecule has 0 saturated carbocycles. The predicted molar refractivity (Wildman–Crippen MR) is 109 cm³/mol.